The Morgan fingerprint density at radius 2 is 1.45 bits per heavy atom. The number of carbonyl (C=O) groups excluding carboxylic acids is 2. The molecule has 1 spiro atoms. The molecule has 20 heavy (non-hydrogen) atoms. The number of ketones is 2. The van der Waals surface area contributed by atoms with Crippen molar-refractivity contribution in [2.75, 3.05) is 11.9 Å². The number of nitrogens with zero attached hydrogens (tertiary/aromatic N) is 1. The van der Waals surface area contributed by atoms with E-state index in [-0.39, 0.29) is 11.6 Å². The van der Waals surface area contributed by atoms with Gasteiger partial charge in [-0.2, -0.15) is 0 Å². The first-order valence-electron chi connectivity index (χ1n) is 6.37. The fraction of sp³-hybridized carbons (Fsp3) is 0.125. The number of carbonyl (C=O) groups is 2. The zero-order valence-corrected chi connectivity index (χ0v) is 11.6. The third-order valence-corrected chi connectivity index (χ3v) is 5.49. The molecule has 98 valence electrons. The van der Waals surface area contributed by atoms with Gasteiger partial charge in [0.05, 0.1) is 5.69 Å². The molecule has 3 nitrogen and oxygen atoms in total. The predicted octanol–water partition coefficient (Wildman–Crippen LogP) is 3.00. The van der Waals surface area contributed by atoms with Crippen molar-refractivity contribution in [3.63, 3.8) is 0 Å². The highest BCUT2D eigenvalue weighted by Crippen LogP contribution is 2.54. The lowest BCUT2D eigenvalue weighted by molar-refractivity contribution is 0.0870. The minimum absolute atomic E-state index is 0.109. The molecule has 4 rings (SSSR count). The quantitative estimate of drug-likeness (QED) is 0.696. The Hall–Kier alpha value is -2.07. The smallest absolute Gasteiger partial charge is 0.218 e. The van der Waals surface area contributed by atoms with Crippen LogP contribution in [0.15, 0.2) is 53.4 Å². The highest BCUT2D eigenvalue weighted by atomic mass is 32.2. The van der Waals surface area contributed by atoms with Crippen molar-refractivity contribution in [3.8, 4) is 0 Å². The molecule has 1 aliphatic heterocycles. The lowest BCUT2D eigenvalue weighted by atomic mass is 10.1. The fourth-order valence-electron chi connectivity index (χ4n) is 2.96. The molecular weight excluding hydrogens is 270 g/mol. The summed E-state index contributed by atoms with van der Waals surface area (Å²) in [5, 5.41) is 0. The van der Waals surface area contributed by atoms with Crippen molar-refractivity contribution in [2.24, 2.45) is 0 Å². The Labute approximate surface area is 120 Å². The molecule has 2 aromatic carbocycles. The van der Waals surface area contributed by atoms with Crippen molar-refractivity contribution >= 4 is 29.0 Å². The molecule has 0 N–H and O–H groups in total. The first kappa shape index (κ1) is 11.7. The molecule has 1 aliphatic carbocycles. The number of para-hydroxylation sites is 1. The van der Waals surface area contributed by atoms with Crippen molar-refractivity contribution in [1.82, 2.24) is 0 Å². The molecule has 0 saturated carbocycles. The van der Waals surface area contributed by atoms with Gasteiger partial charge in [0, 0.05) is 23.1 Å². The van der Waals surface area contributed by atoms with Gasteiger partial charge in [0.25, 0.3) is 0 Å². The van der Waals surface area contributed by atoms with Crippen molar-refractivity contribution in [1.29, 1.82) is 0 Å². The third-order valence-electron chi connectivity index (χ3n) is 3.99. The van der Waals surface area contributed by atoms with Crippen molar-refractivity contribution in [3.05, 3.63) is 59.7 Å². The minimum Gasteiger partial charge on any atom is -0.346 e. The second-order valence-corrected chi connectivity index (χ2v) is 6.21. The lowest BCUT2D eigenvalue weighted by Crippen LogP contribution is -2.50. The Morgan fingerprint density at radius 1 is 0.900 bits per heavy atom. The van der Waals surface area contributed by atoms with Crippen LogP contribution < -0.4 is 4.90 Å². The standard InChI is InChI=1S/C16H11NO2S/c1-17-12-8-4-5-9-13(12)20-16(17)14(18)10-6-2-3-7-11(10)15(16)19/h2-9H,1H3. The van der Waals surface area contributed by atoms with E-state index in [1.807, 2.05) is 36.2 Å². The summed E-state index contributed by atoms with van der Waals surface area (Å²) < 4.78 is 0. The van der Waals surface area contributed by atoms with Crippen LogP contribution in [0.25, 0.3) is 0 Å². The highest BCUT2D eigenvalue weighted by molar-refractivity contribution is 8.03. The number of Topliss-reactive ketones (excluding diaryl/α,β-unsaturated/α-hetero) is 2. The minimum atomic E-state index is -1.15. The number of hydrogen-bond donors (Lipinski definition) is 0. The maximum Gasteiger partial charge on any atom is 0.218 e. The van der Waals surface area contributed by atoms with Crippen molar-refractivity contribution in [2.45, 2.75) is 9.77 Å². The van der Waals surface area contributed by atoms with E-state index in [0.717, 1.165) is 10.6 Å². The van der Waals surface area contributed by atoms with Gasteiger partial charge in [0.15, 0.2) is 0 Å². The van der Waals surface area contributed by atoms with Crippen LogP contribution in [-0.4, -0.2) is 23.5 Å². The molecule has 0 fully saturated rings. The Balaban J connectivity index is 1.94. The summed E-state index contributed by atoms with van der Waals surface area (Å²) in [6, 6.07) is 14.8. The van der Waals surface area contributed by atoms with Crippen LogP contribution in [-0.2, 0) is 0 Å². The molecule has 1 heterocycles. The molecule has 0 amide bonds. The number of benzene rings is 2. The predicted molar refractivity (Wildman–Crippen MR) is 78.5 cm³/mol. The average molecular weight is 281 g/mol. The van der Waals surface area contributed by atoms with E-state index in [9.17, 15) is 9.59 Å². The summed E-state index contributed by atoms with van der Waals surface area (Å²) in [6.07, 6.45) is 0. The average Bonchev–Trinajstić information content (AvgIpc) is 2.90. The molecule has 0 bridgehead atoms. The molecule has 2 aromatic rings. The summed E-state index contributed by atoms with van der Waals surface area (Å²) in [7, 11) is 1.82. The van der Waals surface area contributed by atoms with E-state index < -0.39 is 4.87 Å². The van der Waals surface area contributed by atoms with Gasteiger partial charge in [0.2, 0.25) is 16.4 Å². The first-order valence-corrected chi connectivity index (χ1v) is 7.18. The molecule has 0 aromatic heterocycles. The number of likely N-dealkylation sites (N-methyl/N-ethyl adjacent to an activating group) is 1. The second-order valence-electron chi connectivity index (χ2n) is 4.98. The van der Waals surface area contributed by atoms with Gasteiger partial charge in [0.1, 0.15) is 0 Å². The van der Waals surface area contributed by atoms with E-state index in [0.29, 0.717) is 11.1 Å². The summed E-state index contributed by atoms with van der Waals surface area (Å²) in [6.45, 7) is 0. The van der Waals surface area contributed by atoms with Gasteiger partial charge in [-0.05, 0) is 12.1 Å². The fourth-order valence-corrected chi connectivity index (χ4v) is 4.38. The van der Waals surface area contributed by atoms with Gasteiger partial charge < -0.3 is 4.90 Å². The zero-order valence-electron chi connectivity index (χ0n) is 10.8. The Bertz CT molecular complexity index is 734. The van der Waals surface area contributed by atoms with Gasteiger partial charge in [-0.1, -0.05) is 48.2 Å². The SMILES string of the molecule is CN1c2ccccc2SC12C(=O)c1ccccc1C2=O. The monoisotopic (exact) mass is 281 g/mol. The Kier molecular flexibility index (Phi) is 2.19. The molecule has 0 radical (unpaired) electrons. The molecule has 0 atom stereocenters. The highest BCUT2D eigenvalue weighted by Gasteiger charge is 2.60. The number of fused-ring (bicyclic) bond motifs is 2. The van der Waals surface area contributed by atoms with Crippen LogP contribution in [0.4, 0.5) is 5.69 Å². The number of hydrogen-bond acceptors (Lipinski definition) is 4. The summed E-state index contributed by atoms with van der Waals surface area (Å²) in [5.41, 5.74) is 2.00. The van der Waals surface area contributed by atoms with Crippen LogP contribution in [0.1, 0.15) is 20.7 Å². The van der Waals surface area contributed by atoms with Crippen LogP contribution in [0.2, 0.25) is 0 Å². The number of thioether (sulfide) groups is 1. The topological polar surface area (TPSA) is 37.4 Å². The van der Waals surface area contributed by atoms with Crippen LogP contribution in [0.5, 0.6) is 0 Å². The largest absolute Gasteiger partial charge is 0.346 e. The molecule has 0 saturated heterocycles. The van der Waals surface area contributed by atoms with E-state index >= 15 is 0 Å². The van der Waals surface area contributed by atoms with Gasteiger partial charge in [-0.25, -0.2) is 0 Å². The summed E-state index contributed by atoms with van der Waals surface area (Å²) in [4.78, 5) is 27.3. The summed E-state index contributed by atoms with van der Waals surface area (Å²) >= 11 is 1.35. The van der Waals surface area contributed by atoms with Gasteiger partial charge in [-0.3, -0.25) is 9.59 Å². The maximum absolute atomic E-state index is 12.8. The van der Waals surface area contributed by atoms with Crippen LogP contribution in [0, 0.1) is 0 Å². The molecule has 4 heteroatoms. The van der Waals surface area contributed by atoms with E-state index in [1.165, 1.54) is 11.8 Å². The molecule has 0 unspecified atom stereocenters. The zero-order chi connectivity index (χ0) is 13.9. The van der Waals surface area contributed by atoms with Crippen molar-refractivity contribution < 1.29 is 9.59 Å². The van der Waals surface area contributed by atoms with E-state index in [2.05, 4.69) is 0 Å². The summed E-state index contributed by atoms with van der Waals surface area (Å²) in [5.74, 6) is -0.219. The third kappa shape index (κ3) is 1.18. The normalized spacial score (nSPS) is 18.6. The van der Waals surface area contributed by atoms with E-state index in [4.69, 9.17) is 0 Å². The number of anilines is 1. The number of rotatable bonds is 0. The molecular formula is C16H11NO2S. The van der Waals surface area contributed by atoms with Gasteiger partial charge in [-0.15, -0.1) is 0 Å². The molecule has 2 aliphatic rings. The second kappa shape index (κ2) is 3.73. The Morgan fingerprint density at radius 3 is 2.05 bits per heavy atom. The lowest BCUT2D eigenvalue weighted by Gasteiger charge is -2.29. The van der Waals surface area contributed by atoms with Crippen LogP contribution >= 0.6 is 11.8 Å². The van der Waals surface area contributed by atoms with Crippen LogP contribution in [0.3, 0.4) is 0 Å². The first-order chi connectivity index (χ1) is 9.66. The van der Waals surface area contributed by atoms with E-state index in [1.54, 1.807) is 24.3 Å². The van der Waals surface area contributed by atoms with Gasteiger partial charge >= 0.3 is 0 Å². The maximum atomic E-state index is 12.8.